The van der Waals surface area contributed by atoms with Crippen molar-refractivity contribution >= 4 is 21.3 Å². The number of phenolic OH excluding ortho intramolecular Hbond substituents is 1. The van der Waals surface area contributed by atoms with E-state index >= 15 is 0 Å². The maximum atomic E-state index is 13.0. The third-order valence-corrected chi connectivity index (χ3v) is 6.76. The predicted molar refractivity (Wildman–Crippen MR) is 119 cm³/mol. The highest BCUT2D eigenvalue weighted by Crippen LogP contribution is 2.33. The molecule has 3 aromatic rings. The standard InChI is InChI=1S/C24H25NO5S/c1-3-7-20-22(13-12-19(16(2)26)24(20)27)30-15-17-8-6-9-18(14-17)31(28,29)23-11-5-4-10-21(23)25/h4-6,8-14,27H,3,7,15,25H2,1-2H3. The summed E-state index contributed by atoms with van der Waals surface area (Å²) in [6.07, 6.45) is 1.31. The second kappa shape index (κ2) is 9.22. The smallest absolute Gasteiger partial charge is 0.208 e. The van der Waals surface area contributed by atoms with E-state index in [4.69, 9.17) is 10.5 Å². The largest absolute Gasteiger partial charge is 0.507 e. The number of phenols is 1. The fourth-order valence-electron chi connectivity index (χ4n) is 3.34. The number of aromatic hydroxyl groups is 1. The first-order valence-corrected chi connectivity index (χ1v) is 11.4. The van der Waals surface area contributed by atoms with Gasteiger partial charge in [0.05, 0.1) is 21.0 Å². The SMILES string of the molecule is CCCc1c(OCc2cccc(S(=O)(=O)c3ccccc3N)c2)ccc(C(C)=O)c1O. The summed E-state index contributed by atoms with van der Waals surface area (Å²) >= 11 is 0. The number of hydrogen-bond acceptors (Lipinski definition) is 6. The number of nitrogen functional groups attached to an aromatic ring is 1. The van der Waals surface area contributed by atoms with Crippen LogP contribution in [0.15, 0.2) is 70.5 Å². The molecular weight excluding hydrogens is 414 g/mol. The number of ketones is 1. The highest BCUT2D eigenvalue weighted by molar-refractivity contribution is 7.91. The highest BCUT2D eigenvalue weighted by atomic mass is 32.2. The molecule has 6 nitrogen and oxygen atoms in total. The van der Waals surface area contributed by atoms with E-state index in [-0.39, 0.29) is 39.2 Å². The molecule has 162 valence electrons. The molecule has 0 aliphatic heterocycles. The minimum Gasteiger partial charge on any atom is -0.507 e. The molecule has 7 heteroatoms. The Hall–Kier alpha value is -3.32. The van der Waals surface area contributed by atoms with Crippen LogP contribution in [0.25, 0.3) is 0 Å². The Morgan fingerprint density at radius 3 is 2.48 bits per heavy atom. The molecule has 0 radical (unpaired) electrons. The van der Waals surface area contributed by atoms with Gasteiger partial charge in [0.25, 0.3) is 0 Å². The summed E-state index contributed by atoms with van der Waals surface area (Å²) in [5.41, 5.74) is 7.51. The maximum Gasteiger partial charge on any atom is 0.208 e. The van der Waals surface area contributed by atoms with Crippen LogP contribution in [0.4, 0.5) is 5.69 Å². The Balaban J connectivity index is 1.88. The number of para-hydroxylation sites is 1. The van der Waals surface area contributed by atoms with Gasteiger partial charge < -0.3 is 15.6 Å². The van der Waals surface area contributed by atoms with Gasteiger partial charge in [-0.3, -0.25) is 4.79 Å². The van der Waals surface area contributed by atoms with Gasteiger partial charge in [0, 0.05) is 5.56 Å². The molecule has 0 spiro atoms. The van der Waals surface area contributed by atoms with Gasteiger partial charge in [-0.25, -0.2) is 8.42 Å². The summed E-state index contributed by atoms with van der Waals surface area (Å²) in [6.45, 7) is 3.47. The van der Waals surface area contributed by atoms with E-state index in [1.54, 1.807) is 42.5 Å². The van der Waals surface area contributed by atoms with Crippen LogP contribution >= 0.6 is 0 Å². The van der Waals surface area contributed by atoms with Crippen molar-refractivity contribution in [1.29, 1.82) is 0 Å². The van der Waals surface area contributed by atoms with Crippen LogP contribution < -0.4 is 10.5 Å². The van der Waals surface area contributed by atoms with Gasteiger partial charge in [0.15, 0.2) is 5.78 Å². The van der Waals surface area contributed by atoms with Crippen LogP contribution in [0.2, 0.25) is 0 Å². The number of sulfone groups is 1. The molecular formula is C24H25NO5S. The number of carbonyl (C=O) groups excluding carboxylic acids is 1. The lowest BCUT2D eigenvalue weighted by molar-refractivity contribution is 0.101. The van der Waals surface area contributed by atoms with Crippen LogP contribution in [0.1, 0.15) is 41.8 Å². The van der Waals surface area contributed by atoms with Crippen molar-refractivity contribution in [3.05, 3.63) is 77.4 Å². The Bertz CT molecular complexity index is 1220. The quantitative estimate of drug-likeness (QED) is 0.394. The Morgan fingerprint density at radius 2 is 1.81 bits per heavy atom. The average molecular weight is 440 g/mol. The van der Waals surface area contributed by atoms with Crippen LogP contribution in [-0.2, 0) is 22.9 Å². The van der Waals surface area contributed by atoms with Crippen molar-refractivity contribution in [2.75, 3.05) is 5.73 Å². The molecule has 0 aliphatic carbocycles. The number of rotatable bonds is 8. The van der Waals surface area contributed by atoms with Crippen LogP contribution in [-0.4, -0.2) is 19.3 Å². The summed E-state index contributed by atoms with van der Waals surface area (Å²) in [5.74, 6) is 0.173. The van der Waals surface area contributed by atoms with Crippen molar-refractivity contribution in [2.45, 2.75) is 43.1 Å². The fraction of sp³-hybridized carbons (Fsp3) is 0.208. The molecule has 0 heterocycles. The summed E-state index contributed by atoms with van der Waals surface area (Å²) in [5, 5.41) is 10.5. The van der Waals surface area contributed by atoms with E-state index in [1.165, 1.54) is 25.1 Å². The van der Waals surface area contributed by atoms with Crippen molar-refractivity contribution in [3.8, 4) is 11.5 Å². The summed E-state index contributed by atoms with van der Waals surface area (Å²) in [7, 11) is -3.77. The summed E-state index contributed by atoms with van der Waals surface area (Å²) in [6, 6.07) is 16.0. The summed E-state index contributed by atoms with van der Waals surface area (Å²) in [4.78, 5) is 11.9. The van der Waals surface area contributed by atoms with E-state index in [0.717, 1.165) is 6.42 Å². The maximum absolute atomic E-state index is 13.0. The summed E-state index contributed by atoms with van der Waals surface area (Å²) < 4.78 is 31.9. The topological polar surface area (TPSA) is 107 Å². The lowest BCUT2D eigenvalue weighted by Gasteiger charge is -2.15. The lowest BCUT2D eigenvalue weighted by atomic mass is 10.0. The van der Waals surface area contributed by atoms with Crippen molar-refractivity contribution < 1.29 is 23.1 Å². The first kappa shape index (κ1) is 22.4. The Kier molecular flexibility index (Phi) is 6.65. The highest BCUT2D eigenvalue weighted by Gasteiger charge is 2.21. The van der Waals surface area contributed by atoms with Crippen LogP contribution in [0, 0.1) is 0 Å². The van der Waals surface area contributed by atoms with Crippen LogP contribution in [0.5, 0.6) is 11.5 Å². The molecule has 0 aliphatic rings. The van der Waals surface area contributed by atoms with Crippen molar-refractivity contribution in [2.24, 2.45) is 0 Å². The molecule has 0 saturated heterocycles. The molecule has 0 bridgehead atoms. The first-order chi connectivity index (χ1) is 14.8. The number of ether oxygens (including phenoxy) is 1. The molecule has 31 heavy (non-hydrogen) atoms. The van der Waals surface area contributed by atoms with Crippen LogP contribution in [0.3, 0.4) is 0 Å². The molecule has 0 amide bonds. The predicted octanol–water partition coefficient (Wildman–Crippen LogP) is 4.54. The second-order valence-electron chi connectivity index (χ2n) is 7.22. The molecule has 0 fully saturated rings. The second-order valence-corrected chi connectivity index (χ2v) is 9.14. The molecule has 0 saturated carbocycles. The number of carbonyl (C=O) groups is 1. The number of anilines is 1. The fourth-order valence-corrected chi connectivity index (χ4v) is 4.80. The molecule has 3 N–H and O–H groups in total. The van der Waals surface area contributed by atoms with Gasteiger partial charge in [-0.2, -0.15) is 0 Å². The minimum absolute atomic E-state index is 0.0584. The van der Waals surface area contributed by atoms with E-state index in [0.29, 0.717) is 23.3 Å². The number of nitrogens with two attached hydrogens (primary N) is 1. The zero-order chi connectivity index (χ0) is 22.6. The number of benzene rings is 3. The monoisotopic (exact) mass is 439 g/mol. The van der Waals surface area contributed by atoms with Crippen molar-refractivity contribution in [3.63, 3.8) is 0 Å². The minimum atomic E-state index is -3.77. The first-order valence-electron chi connectivity index (χ1n) is 9.92. The molecule has 3 aromatic carbocycles. The van der Waals surface area contributed by atoms with E-state index in [2.05, 4.69) is 0 Å². The molecule has 3 rings (SSSR count). The van der Waals surface area contributed by atoms with Gasteiger partial charge in [0.1, 0.15) is 18.1 Å². The normalized spacial score (nSPS) is 11.3. The Morgan fingerprint density at radius 1 is 1.06 bits per heavy atom. The third kappa shape index (κ3) is 4.72. The van der Waals surface area contributed by atoms with Crippen molar-refractivity contribution in [1.82, 2.24) is 0 Å². The van der Waals surface area contributed by atoms with Gasteiger partial charge in [-0.15, -0.1) is 0 Å². The third-order valence-electron chi connectivity index (χ3n) is 4.93. The van der Waals surface area contributed by atoms with Gasteiger partial charge >= 0.3 is 0 Å². The molecule has 0 atom stereocenters. The molecule has 0 unspecified atom stereocenters. The number of Topliss-reactive ketones (excluding diaryl/α,β-unsaturated/α-hetero) is 1. The van der Waals surface area contributed by atoms with E-state index < -0.39 is 9.84 Å². The lowest BCUT2D eigenvalue weighted by Crippen LogP contribution is -2.07. The number of hydrogen-bond donors (Lipinski definition) is 2. The molecule has 0 aromatic heterocycles. The van der Waals surface area contributed by atoms with Gasteiger partial charge in [-0.05, 0) is 55.3 Å². The van der Waals surface area contributed by atoms with Gasteiger partial charge in [0.2, 0.25) is 9.84 Å². The Labute approximate surface area is 182 Å². The van der Waals surface area contributed by atoms with E-state index in [1.807, 2.05) is 6.92 Å². The van der Waals surface area contributed by atoms with Gasteiger partial charge in [-0.1, -0.05) is 37.6 Å². The van der Waals surface area contributed by atoms with E-state index in [9.17, 15) is 18.3 Å². The zero-order valence-corrected chi connectivity index (χ0v) is 18.3. The zero-order valence-electron chi connectivity index (χ0n) is 17.5. The average Bonchev–Trinajstić information content (AvgIpc) is 2.74.